The van der Waals surface area contributed by atoms with E-state index in [1.807, 2.05) is 0 Å². The lowest BCUT2D eigenvalue weighted by molar-refractivity contribution is 0.0945. The van der Waals surface area contributed by atoms with E-state index in [-0.39, 0.29) is 22.1 Å². The molecule has 0 radical (unpaired) electrons. The summed E-state index contributed by atoms with van der Waals surface area (Å²) in [7, 11) is 0. The molecule has 6 heteroatoms. The summed E-state index contributed by atoms with van der Waals surface area (Å²) in [6.07, 6.45) is 0. The van der Waals surface area contributed by atoms with Crippen LogP contribution in [0.5, 0.6) is 0 Å². The van der Waals surface area contributed by atoms with Crippen LogP contribution in [0, 0.1) is 17.5 Å². The van der Waals surface area contributed by atoms with Gasteiger partial charge in [-0.15, -0.1) is 0 Å². The van der Waals surface area contributed by atoms with Crippen molar-refractivity contribution in [3.63, 3.8) is 0 Å². The lowest BCUT2D eigenvalue weighted by Crippen LogP contribution is -2.24. The third-order valence-electron chi connectivity index (χ3n) is 2.64. The smallest absolute Gasteiger partial charge is 0.255 e. The van der Waals surface area contributed by atoms with Gasteiger partial charge in [-0.05, 0) is 46.3 Å². The maximum atomic E-state index is 13.5. The van der Waals surface area contributed by atoms with E-state index in [1.165, 1.54) is 12.1 Å². The Morgan fingerprint density at radius 1 is 1.10 bits per heavy atom. The second-order valence-corrected chi connectivity index (χ2v) is 4.87. The molecule has 0 unspecified atom stereocenters. The highest BCUT2D eigenvalue weighted by molar-refractivity contribution is 9.10. The van der Waals surface area contributed by atoms with E-state index in [0.717, 1.165) is 24.3 Å². The van der Waals surface area contributed by atoms with Gasteiger partial charge < -0.3 is 5.32 Å². The van der Waals surface area contributed by atoms with Crippen LogP contribution in [0.15, 0.2) is 40.9 Å². The van der Waals surface area contributed by atoms with Crippen molar-refractivity contribution in [3.8, 4) is 0 Å². The number of carbonyl (C=O) groups is 1. The summed E-state index contributed by atoms with van der Waals surface area (Å²) in [6.45, 7) is -0.233. The molecular weight excluding hydrogens is 335 g/mol. The molecule has 2 rings (SSSR count). The fourth-order valence-corrected chi connectivity index (χ4v) is 2.18. The van der Waals surface area contributed by atoms with Gasteiger partial charge in [-0.3, -0.25) is 4.79 Å². The van der Waals surface area contributed by atoms with Crippen LogP contribution in [-0.4, -0.2) is 5.91 Å². The number of halogens is 4. The van der Waals surface area contributed by atoms with Gasteiger partial charge in [0.2, 0.25) is 0 Å². The Labute approximate surface area is 121 Å². The molecule has 0 atom stereocenters. The van der Waals surface area contributed by atoms with Gasteiger partial charge >= 0.3 is 0 Å². The molecule has 0 saturated carbocycles. The highest BCUT2D eigenvalue weighted by Crippen LogP contribution is 2.19. The molecule has 0 spiro atoms. The molecule has 0 saturated heterocycles. The average Bonchev–Trinajstić information content (AvgIpc) is 2.39. The van der Waals surface area contributed by atoms with Crippen LogP contribution in [-0.2, 0) is 6.54 Å². The minimum atomic E-state index is -0.710. The molecule has 0 aliphatic carbocycles. The van der Waals surface area contributed by atoms with E-state index in [0.29, 0.717) is 0 Å². The lowest BCUT2D eigenvalue weighted by Gasteiger charge is -2.08. The maximum Gasteiger partial charge on any atom is 0.255 e. The van der Waals surface area contributed by atoms with Gasteiger partial charge in [-0.1, -0.05) is 6.07 Å². The average molecular weight is 344 g/mol. The highest BCUT2D eigenvalue weighted by atomic mass is 79.9. The summed E-state index contributed by atoms with van der Waals surface area (Å²) in [6, 6.07) is 7.03. The van der Waals surface area contributed by atoms with E-state index in [1.54, 1.807) is 0 Å². The molecule has 20 heavy (non-hydrogen) atoms. The minimum Gasteiger partial charge on any atom is -0.348 e. The van der Waals surface area contributed by atoms with Crippen molar-refractivity contribution in [2.24, 2.45) is 0 Å². The first-order valence-electron chi connectivity index (χ1n) is 5.65. The summed E-state index contributed by atoms with van der Waals surface area (Å²) in [5.74, 6) is -2.66. The molecule has 0 aliphatic rings. The molecule has 2 aromatic carbocycles. The molecule has 2 aromatic rings. The molecule has 0 bridgehead atoms. The number of hydrogen-bond donors (Lipinski definition) is 1. The summed E-state index contributed by atoms with van der Waals surface area (Å²) in [5.41, 5.74) is -0.185. The zero-order valence-corrected chi connectivity index (χ0v) is 11.7. The van der Waals surface area contributed by atoms with Crippen molar-refractivity contribution in [2.75, 3.05) is 0 Å². The normalized spacial score (nSPS) is 10.4. The number of amides is 1. The van der Waals surface area contributed by atoms with Crippen molar-refractivity contribution < 1.29 is 18.0 Å². The zero-order chi connectivity index (χ0) is 14.7. The molecular formula is C14H9BrF3NO. The molecule has 2 nitrogen and oxygen atoms in total. The number of benzene rings is 2. The van der Waals surface area contributed by atoms with E-state index in [2.05, 4.69) is 21.2 Å². The molecule has 0 aliphatic heterocycles. The number of nitrogens with one attached hydrogen (secondary N) is 1. The van der Waals surface area contributed by atoms with Crippen molar-refractivity contribution in [2.45, 2.75) is 6.54 Å². The fraction of sp³-hybridized carbons (Fsp3) is 0.0714. The van der Waals surface area contributed by atoms with Gasteiger partial charge in [-0.2, -0.15) is 0 Å². The second kappa shape index (κ2) is 6.09. The predicted molar refractivity (Wildman–Crippen MR) is 71.6 cm³/mol. The number of carbonyl (C=O) groups excluding carboxylic acids is 1. The van der Waals surface area contributed by atoms with Gasteiger partial charge in [0.05, 0.1) is 5.56 Å². The summed E-state index contributed by atoms with van der Waals surface area (Å²) in [5, 5.41) is 2.35. The van der Waals surface area contributed by atoms with Gasteiger partial charge in [0, 0.05) is 16.6 Å². The van der Waals surface area contributed by atoms with Crippen molar-refractivity contribution in [1.29, 1.82) is 0 Å². The van der Waals surface area contributed by atoms with E-state index < -0.39 is 23.4 Å². The Balaban J connectivity index is 2.15. The first kappa shape index (κ1) is 14.6. The monoisotopic (exact) mass is 343 g/mol. The first-order valence-corrected chi connectivity index (χ1v) is 6.44. The minimum absolute atomic E-state index is 0.00851. The summed E-state index contributed by atoms with van der Waals surface area (Å²) in [4.78, 5) is 11.9. The van der Waals surface area contributed by atoms with Crippen molar-refractivity contribution in [3.05, 3.63) is 69.4 Å². The van der Waals surface area contributed by atoms with E-state index in [4.69, 9.17) is 0 Å². The molecule has 0 aromatic heterocycles. The summed E-state index contributed by atoms with van der Waals surface area (Å²) >= 11 is 3.07. The number of rotatable bonds is 3. The maximum absolute atomic E-state index is 13.5. The van der Waals surface area contributed by atoms with Crippen LogP contribution in [0.1, 0.15) is 15.9 Å². The Morgan fingerprint density at radius 3 is 2.55 bits per heavy atom. The van der Waals surface area contributed by atoms with E-state index in [9.17, 15) is 18.0 Å². The van der Waals surface area contributed by atoms with Crippen molar-refractivity contribution >= 4 is 21.8 Å². The number of hydrogen-bond acceptors (Lipinski definition) is 1. The third-order valence-corrected chi connectivity index (χ3v) is 3.30. The quantitative estimate of drug-likeness (QED) is 0.902. The van der Waals surface area contributed by atoms with Crippen LogP contribution >= 0.6 is 15.9 Å². The second-order valence-electron chi connectivity index (χ2n) is 4.02. The topological polar surface area (TPSA) is 29.1 Å². The van der Waals surface area contributed by atoms with Gasteiger partial charge in [0.1, 0.15) is 17.5 Å². The van der Waals surface area contributed by atoms with Crippen LogP contribution in [0.3, 0.4) is 0 Å². The Hall–Kier alpha value is -1.82. The fourth-order valence-electron chi connectivity index (χ4n) is 1.66. The zero-order valence-electron chi connectivity index (χ0n) is 10.1. The van der Waals surface area contributed by atoms with Crippen LogP contribution < -0.4 is 5.32 Å². The molecule has 0 heterocycles. The molecule has 0 fully saturated rings. The largest absolute Gasteiger partial charge is 0.348 e. The standard InChI is InChI=1S/C14H9BrF3NO/c15-10-2-1-3-12(18)13(10)14(20)19-7-8-6-9(16)4-5-11(8)17/h1-6H,7H2,(H,19,20). The van der Waals surface area contributed by atoms with Gasteiger partial charge in [0.25, 0.3) is 5.91 Å². The highest BCUT2D eigenvalue weighted by Gasteiger charge is 2.15. The van der Waals surface area contributed by atoms with Crippen LogP contribution in [0.25, 0.3) is 0 Å². The molecule has 1 N–H and O–H groups in total. The van der Waals surface area contributed by atoms with Gasteiger partial charge in [-0.25, -0.2) is 13.2 Å². The predicted octanol–water partition coefficient (Wildman–Crippen LogP) is 3.80. The van der Waals surface area contributed by atoms with Crippen molar-refractivity contribution in [1.82, 2.24) is 5.32 Å². The third kappa shape index (κ3) is 3.19. The Bertz CT molecular complexity index is 641. The Kier molecular flexibility index (Phi) is 4.44. The van der Waals surface area contributed by atoms with E-state index >= 15 is 0 Å². The molecule has 1 amide bonds. The van der Waals surface area contributed by atoms with Gasteiger partial charge in [0.15, 0.2) is 0 Å². The molecule has 104 valence electrons. The first-order chi connectivity index (χ1) is 9.49. The lowest BCUT2D eigenvalue weighted by atomic mass is 10.1. The van der Waals surface area contributed by atoms with Crippen LogP contribution in [0.2, 0.25) is 0 Å². The van der Waals surface area contributed by atoms with Crippen LogP contribution in [0.4, 0.5) is 13.2 Å². The summed E-state index contributed by atoms with van der Waals surface area (Å²) < 4.78 is 40.2. The SMILES string of the molecule is O=C(NCc1cc(F)ccc1F)c1c(F)cccc1Br. The Morgan fingerprint density at radius 2 is 1.85 bits per heavy atom.